The van der Waals surface area contributed by atoms with E-state index in [2.05, 4.69) is 50.9 Å². The zero-order chi connectivity index (χ0) is 16.1. The number of aromatic nitrogens is 4. The zero-order valence-corrected chi connectivity index (χ0v) is 14.0. The summed E-state index contributed by atoms with van der Waals surface area (Å²) in [7, 11) is 1.67. The van der Waals surface area contributed by atoms with Gasteiger partial charge in [-0.2, -0.15) is 0 Å². The number of aryl methyl sites for hydroxylation is 1. The van der Waals surface area contributed by atoms with Gasteiger partial charge in [-0.15, -0.1) is 10.2 Å². The monoisotopic (exact) mass is 326 g/mol. The maximum Gasteiger partial charge on any atom is 0.198 e. The van der Waals surface area contributed by atoms with E-state index in [1.807, 2.05) is 12.1 Å². The molecule has 118 valence electrons. The molecule has 1 aromatic carbocycles. The molecule has 5 nitrogen and oxygen atoms in total. The predicted molar refractivity (Wildman–Crippen MR) is 91.7 cm³/mol. The van der Waals surface area contributed by atoms with Crippen molar-refractivity contribution >= 4 is 11.8 Å². The molecule has 3 aromatic rings. The van der Waals surface area contributed by atoms with E-state index in [1.165, 1.54) is 17.3 Å². The van der Waals surface area contributed by atoms with Gasteiger partial charge in [-0.25, -0.2) is 0 Å². The second-order valence-electron chi connectivity index (χ2n) is 4.95. The van der Waals surface area contributed by atoms with Crippen molar-refractivity contribution in [1.29, 1.82) is 0 Å². The first-order chi connectivity index (χ1) is 11.3. The summed E-state index contributed by atoms with van der Waals surface area (Å²) in [6.07, 6.45) is 4.54. The summed E-state index contributed by atoms with van der Waals surface area (Å²) in [6, 6.07) is 12.3. The Bertz CT molecular complexity index is 756. The molecule has 0 radical (unpaired) electrons. The molecule has 0 saturated carbocycles. The Labute approximate surface area is 139 Å². The van der Waals surface area contributed by atoms with Crippen molar-refractivity contribution in [2.24, 2.45) is 0 Å². The van der Waals surface area contributed by atoms with Gasteiger partial charge in [0.25, 0.3) is 0 Å². The quantitative estimate of drug-likeness (QED) is 0.512. The van der Waals surface area contributed by atoms with Crippen molar-refractivity contribution in [2.45, 2.75) is 18.5 Å². The fourth-order valence-corrected chi connectivity index (χ4v) is 2.92. The van der Waals surface area contributed by atoms with Crippen molar-refractivity contribution in [3.05, 3.63) is 54.4 Å². The third-order valence-corrected chi connectivity index (χ3v) is 4.36. The Hall–Kier alpha value is -2.18. The lowest BCUT2D eigenvalue weighted by atomic mass is 10.1. The second kappa shape index (κ2) is 7.39. The Morgan fingerprint density at radius 2 is 1.78 bits per heavy atom. The number of pyridine rings is 1. The lowest BCUT2D eigenvalue weighted by Crippen LogP contribution is -2.00. The Balaban J connectivity index is 2.08. The molecule has 23 heavy (non-hydrogen) atoms. The van der Waals surface area contributed by atoms with Crippen LogP contribution in [0.5, 0.6) is 0 Å². The first kappa shape index (κ1) is 15.7. The fourth-order valence-electron chi connectivity index (χ4n) is 2.28. The number of ether oxygens (including phenoxy) is 1. The van der Waals surface area contributed by atoms with Crippen LogP contribution in [-0.4, -0.2) is 32.8 Å². The molecule has 0 fully saturated rings. The van der Waals surface area contributed by atoms with Crippen molar-refractivity contribution in [3.63, 3.8) is 0 Å². The number of hydrogen-bond acceptors (Lipinski definition) is 5. The van der Waals surface area contributed by atoms with E-state index < -0.39 is 0 Å². The third kappa shape index (κ3) is 3.43. The van der Waals surface area contributed by atoms with Crippen LogP contribution < -0.4 is 0 Å². The normalized spacial score (nSPS) is 10.9. The molecule has 0 saturated heterocycles. The Morgan fingerprint density at radius 3 is 2.43 bits per heavy atom. The number of thioether (sulfide) groups is 1. The number of hydrogen-bond donors (Lipinski definition) is 0. The maximum absolute atomic E-state index is 5.16. The Kier molecular flexibility index (Phi) is 5.05. The van der Waals surface area contributed by atoms with Gasteiger partial charge in [0.05, 0.1) is 5.94 Å². The summed E-state index contributed by atoms with van der Waals surface area (Å²) in [4.78, 5) is 4.07. The van der Waals surface area contributed by atoms with Crippen LogP contribution in [0.4, 0.5) is 0 Å². The third-order valence-electron chi connectivity index (χ3n) is 3.48. The van der Waals surface area contributed by atoms with Gasteiger partial charge in [-0.05, 0) is 36.2 Å². The van der Waals surface area contributed by atoms with Crippen LogP contribution in [0.25, 0.3) is 17.1 Å². The molecule has 6 heteroatoms. The highest BCUT2D eigenvalue weighted by Crippen LogP contribution is 2.27. The van der Waals surface area contributed by atoms with E-state index >= 15 is 0 Å². The lowest BCUT2D eigenvalue weighted by molar-refractivity contribution is 0.258. The zero-order valence-electron chi connectivity index (χ0n) is 13.1. The van der Waals surface area contributed by atoms with Crippen LogP contribution in [-0.2, 0) is 11.2 Å². The van der Waals surface area contributed by atoms with Crippen molar-refractivity contribution in [2.75, 3.05) is 13.0 Å². The lowest BCUT2D eigenvalue weighted by Gasteiger charge is -2.10. The van der Waals surface area contributed by atoms with Gasteiger partial charge in [0.1, 0.15) is 0 Å². The van der Waals surface area contributed by atoms with Gasteiger partial charge >= 0.3 is 0 Å². The molecule has 2 heterocycles. The van der Waals surface area contributed by atoms with E-state index in [1.54, 1.807) is 19.5 Å². The number of benzene rings is 1. The summed E-state index contributed by atoms with van der Waals surface area (Å²) >= 11 is 1.52. The van der Waals surface area contributed by atoms with Crippen LogP contribution in [0.3, 0.4) is 0 Å². The SMILES string of the molecule is CCc1ccc(-n2c(SCOC)nnc2-c2ccncc2)cc1. The molecule has 0 N–H and O–H groups in total. The van der Waals surface area contributed by atoms with Crippen molar-refractivity contribution < 1.29 is 4.74 Å². The minimum Gasteiger partial charge on any atom is -0.374 e. The highest BCUT2D eigenvalue weighted by molar-refractivity contribution is 7.99. The molecule has 3 rings (SSSR count). The van der Waals surface area contributed by atoms with Crippen LogP contribution >= 0.6 is 11.8 Å². The standard InChI is InChI=1S/C17H18N4OS/c1-3-13-4-6-15(7-5-13)21-16(14-8-10-18-11-9-14)19-20-17(21)23-12-22-2/h4-11H,3,12H2,1-2H3. The summed E-state index contributed by atoms with van der Waals surface area (Å²) in [5.41, 5.74) is 3.33. The van der Waals surface area contributed by atoms with Crippen LogP contribution in [0.15, 0.2) is 53.9 Å². The molecule has 0 aliphatic rings. The minimum absolute atomic E-state index is 0.529. The first-order valence-corrected chi connectivity index (χ1v) is 8.39. The number of methoxy groups -OCH3 is 1. The molecular formula is C17H18N4OS. The van der Waals surface area contributed by atoms with E-state index in [-0.39, 0.29) is 0 Å². The van der Waals surface area contributed by atoms with Crippen molar-refractivity contribution in [1.82, 2.24) is 19.7 Å². The van der Waals surface area contributed by atoms with E-state index in [0.717, 1.165) is 28.7 Å². The largest absolute Gasteiger partial charge is 0.374 e. The maximum atomic E-state index is 5.16. The summed E-state index contributed by atoms with van der Waals surface area (Å²) < 4.78 is 7.21. The number of nitrogens with zero attached hydrogens (tertiary/aromatic N) is 4. The van der Waals surface area contributed by atoms with Gasteiger partial charge in [-0.3, -0.25) is 9.55 Å². The van der Waals surface area contributed by atoms with Gasteiger partial charge in [0.15, 0.2) is 11.0 Å². The molecule has 0 bridgehead atoms. The molecule has 0 aliphatic heterocycles. The van der Waals surface area contributed by atoms with Crippen LogP contribution in [0, 0.1) is 0 Å². The topological polar surface area (TPSA) is 52.8 Å². The van der Waals surface area contributed by atoms with Gasteiger partial charge in [0, 0.05) is 30.8 Å². The molecule has 0 aliphatic carbocycles. The molecule has 0 unspecified atom stereocenters. The summed E-state index contributed by atoms with van der Waals surface area (Å²) in [6.45, 7) is 2.15. The van der Waals surface area contributed by atoms with E-state index in [0.29, 0.717) is 5.94 Å². The highest BCUT2D eigenvalue weighted by Gasteiger charge is 2.15. The summed E-state index contributed by atoms with van der Waals surface area (Å²) in [5, 5.41) is 9.50. The molecular weight excluding hydrogens is 308 g/mol. The van der Waals surface area contributed by atoms with E-state index in [4.69, 9.17) is 4.74 Å². The van der Waals surface area contributed by atoms with Crippen LogP contribution in [0.1, 0.15) is 12.5 Å². The minimum atomic E-state index is 0.529. The average molecular weight is 326 g/mol. The van der Waals surface area contributed by atoms with Crippen molar-refractivity contribution in [3.8, 4) is 17.1 Å². The van der Waals surface area contributed by atoms with Gasteiger partial charge in [0.2, 0.25) is 0 Å². The molecule has 0 spiro atoms. The number of rotatable bonds is 6. The Morgan fingerprint density at radius 1 is 1.04 bits per heavy atom. The highest BCUT2D eigenvalue weighted by atomic mass is 32.2. The van der Waals surface area contributed by atoms with Gasteiger partial charge in [-0.1, -0.05) is 30.8 Å². The second-order valence-corrected chi connectivity index (χ2v) is 5.84. The average Bonchev–Trinajstić information content (AvgIpc) is 3.04. The molecule has 2 aromatic heterocycles. The van der Waals surface area contributed by atoms with Crippen LogP contribution in [0.2, 0.25) is 0 Å². The fraction of sp³-hybridized carbons (Fsp3) is 0.235. The smallest absolute Gasteiger partial charge is 0.198 e. The predicted octanol–water partition coefficient (Wildman–Crippen LogP) is 3.59. The summed E-state index contributed by atoms with van der Waals surface area (Å²) in [5.74, 6) is 1.33. The van der Waals surface area contributed by atoms with E-state index in [9.17, 15) is 0 Å². The molecule has 0 amide bonds. The van der Waals surface area contributed by atoms with Gasteiger partial charge < -0.3 is 4.74 Å². The first-order valence-electron chi connectivity index (χ1n) is 7.40. The molecule has 0 atom stereocenters.